The average Bonchev–Trinajstić information content (AvgIpc) is 3.10. The predicted octanol–water partition coefficient (Wildman–Crippen LogP) is 6.06. The number of halogens is 3. The van der Waals surface area contributed by atoms with Crippen LogP contribution in [0.1, 0.15) is 28.9 Å². The molecule has 2 aliphatic rings. The van der Waals surface area contributed by atoms with Gasteiger partial charge >= 0.3 is 0 Å². The molecule has 1 atom stereocenters. The van der Waals surface area contributed by atoms with Crippen molar-refractivity contribution in [1.82, 2.24) is 14.9 Å². The molecule has 6 heteroatoms. The summed E-state index contributed by atoms with van der Waals surface area (Å²) in [7, 11) is 0. The molecule has 2 heterocycles. The Balaban J connectivity index is 1.37. The number of imidazole rings is 1. The highest BCUT2D eigenvalue weighted by molar-refractivity contribution is 9.10. The van der Waals surface area contributed by atoms with Crippen LogP contribution in [-0.2, 0) is 25.8 Å². The first kappa shape index (κ1) is 18.7. The van der Waals surface area contributed by atoms with E-state index in [1.165, 1.54) is 28.9 Å². The SMILES string of the molecule is Clc1ccc2c(c1)CC(N1CCc3nc(-c4ccc(Br)cc4Cl)[nH]c3C1)CC2. The lowest BCUT2D eigenvalue weighted by atomic mass is 9.87. The van der Waals surface area contributed by atoms with Crippen LogP contribution in [0.2, 0.25) is 10.0 Å². The van der Waals surface area contributed by atoms with Crippen molar-refractivity contribution in [3.05, 3.63) is 73.4 Å². The minimum absolute atomic E-state index is 0.558. The molecule has 1 N–H and O–H groups in total. The van der Waals surface area contributed by atoms with Gasteiger partial charge in [0.15, 0.2) is 0 Å². The van der Waals surface area contributed by atoms with Gasteiger partial charge in [0.1, 0.15) is 5.82 Å². The van der Waals surface area contributed by atoms with Gasteiger partial charge in [-0.15, -0.1) is 0 Å². The van der Waals surface area contributed by atoms with Gasteiger partial charge in [-0.1, -0.05) is 45.2 Å². The third-order valence-corrected chi connectivity index (χ3v) is 6.98. The molecule has 0 saturated heterocycles. The van der Waals surface area contributed by atoms with Crippen molar-refractivity contribution in [1.29, 1.82) is 0 Å². The molecule has 3 aromatic rings. The molecule has 5 rings (SSSR count). The zero-order chi connectivity index (χ0) is 19.3. The Bertz CT molecular complexity index is 1050. The topological polar surface area (TPSA) is 31.9 Å². The molecule has 0 bridgehead atoms. The molecule has 0 spiro atoms. The van der Waals surface area contributed by atoms with Crippen molar-refractivity contribution in [3.63, 3.8) is 0 Å². The zero-order valence-electron chi connectivity index (χ0n) is 15.3. The normalized spacial score (nSPS) is 19.3. The molecule has 0 amide bonds. The van der Waals surface area contributed by atoms with Crippen molar-refractivity contribution in [2.24, 2.45) is 0 Å². The lowest BCUT2D eigenvalue weighted by Crippen LogP contribution is -2.42. The highest BCUT2D eigenvalue weighted by Gasteiger charge is 2.29. The maximum atomic E-state index is 6.43. The lowest BCUT2D eigenvalue weighted by Gasteiger charge is -2.37. The summed E-state index contributed by atoms with van der Waals surface area (Å²) in [5, 5.41) is 1.54. The summed E-state index contributed by atoms with van der Waals surface area (Å²) in [5.41, 5.74) is 6.20. The van der Waals surface area contributed by atoms with Gasteiger partial charge in [-0.25, -0.2) is 4.98 Å². The third kappa shape index (κ3) is 3.52. The second-order valence-electron chi connectivity index (χ2n) is 7.66. The van der Waals surface area contributed by atoms with Crippen LogP contribution in [0.4, 0.5) is 0 Å². The van der Waals surface area contributed by atoms with E-state index in [0.29, 0.717) is 11.1 Å². The van der Waals surface area contributed by atoms with Crippen LogP contribution in [0.25, 0.3) is 11.4 Å². The molecule has 3 nitrogen and oxygen atoms in total. The number of hydrogen-bond acceptors (Lipinski definition) is 2. The summed E-state index contributed by atoms with van der Waals surface area (Å²) < 4.78 is 0.974. The monoisotopic (exact) mass is 475 g/mol. The van der Waals surface area contributed by atoms with Gasteiger partial charge in [-0.05, 0) is 60.7 Å². The fraction of sp³-hybridized carbons (Fsp3) is 0.318. The maximum absolute atomic E-state index is 6.43. The fourth-order valence-electron chi connectivity index (χ4n) is 4.45. The van der Waals surface area contributed by atoms with Gasteiger partial charge in [0.25, 0.3) is 0 Å². The van der Waals surface area contributed by atoms with Gasteiger partial charge in [-0.3, -0.25) is 4.90 Å². The Kier molecular flexibility index (Phi) is 5.00. The van der Waals surface area contributed by atoms with Gasteiger partial charge in [0, 0.05) is 40.6 Å². The molecule has 28 heavy (non-hydrogen) atoms. The number of fused-ring (bicyclic) bond motifs is 2. The number of H-pyrrole nitrogens is 1. The van der Waals surface area contributed by atoms with E-state index in [4.69, 9.17) is 28.2 Å². The van der Waals surface area contributed by atoms with Gasteiger partial charge < -0.3 is 4.98 Å². The summed E-state index contributed by atoms with van der Waals surface area (Å²) in [5.74, 6) is 0.866. The van der Waals surface area contributed by atoms with Crippen molar-refractivity contribution in [3.8, 4) is 11.4 Å². The van der Waals surface area contributed by atoms with E-state index in [9.17, 15) is 0 Å². The number of benzene rings is 2. The summed E-state index contributed by atoms with van der Waals surface area (Å²) in [6.45, 7) is 1.96. The zero-order valence-corrected chi connectivity index (χ0v) is 18.4. The van der Waals surface area contributed by atoms with Crippen molar-refractivity contribution in [2.75, 3.05) is 6.54 Å². The number of nitrogens with one attached hydrogen (secondary N) is 1. The van der Waals surface area contributed by atoms with Crippen LogP contribution in [0.3, 0.4) is 0 Å². The molecule has 144 valence electrons. The van der Waals surface area contributed by atoms with Crippen LogP contribution >= 0.6 is 39.1 Å². The van der Waals surface area contributed by atoms with Crippen LogP contribution in [0.15, 0.2) is 40.9 Å². The Hall–Kier alpha value is -1.33. The van der Waals surface area contributed by atoms with Crippen LogP contribution in [0.5, 0.6) is 0 Å². The average molecular weight is 477 g/mol. The standard InChI is InChI=1S/C22H20BrCl2N3/c23-15-3-6-18(19(25)11-15)22-26-20-7-8-28(12-21(20)27-22)17-5-2-13-1-4-16(24)9-14(13)10-17/h1,3-4,6,9,11,17H,2,5,7-8,10,12H2,(H,26,27). The van der Waals surface area contributed by atoms with E-state index >= 15 is 0 Å². The predicted molar refractivity (Wildman–Crippen MR) is 118 cm³/mol. The van der Waals surface area contributed by atoms with E-state index in [1.807, 2.05) is 24.3 Å². The quantitative estimate of drug-likeness (QED) is 0.487. The van der Waals surface area contributed by atoms with Crippen LogP contribution < -0.4 is 0 Å². The van der Waals surface area contributed by atoms with E-state index in [2.05, 4.69) is 37.9 Å². The number of hydrogen-bond donors (Lipinski definition) is 1. The first-order chi connectivity index (χ1) is 13.6. The largest absolute Gasteiger partial charge is 0.340 e. The molecule has 1 aromatic heterocycles. The highest BCUT2D eigenvalue weighted by Crippen LogP contribution is 2.33. The van der Waals surface area contributed by atoms with Gasteiger partial charge in [-0.2, -0.15) is 0 Å². The van der Waals surface area contributed by atoms with Gasteiger partial charge in [0.05, 0.1) is 16.4 Å². The molecule has 1 aliphatic carbocycles. The number of aromatic nitrogens is 2. The lowest BCUT2D eigenvalue weighted by molar-refractivity contribution is 0.160. The number of aryl methyl sites for hydroxylation is 1. The summed E-state index contributed by atoms with van der Waals surface area (Å²) in [4.78, 5) is 11.0. The molecule has 1 unspecified atom stereocenters. The molecule has 1 aliphatic heterocycles. The summed E-state index contributed by atoms with van der Waals surface area (Å²) in [6.07, 6.45) is 4.37. The molecule has 0 radical (unpaired) electrons. The third-order valence-electron chi connectivity index (χ3n) is 5.93. The highest BCUT2D eigenvalue weighted by atomic mass is 79.9. The molecule has 2 aromatic carbocycles. The molecular formula is C22H20BrCl2N3. The smallest absolute Gasteiger partial charge is 0.139 e. The first-order valence-electron chi connectivity index (χ1n) is 9.61. The number of nitrogens with zero attached hydrogens (tertiary/aromatic N) is 2. The van der Waals surface area contributed by atoms with E-state index in [1.54, 1.807) is 0 Å². The van der Waals surface area contributed by atoms with Crippen LogP contribution in [-0.4, -0.2) is 27.5 Å². The first-order valence-corrected chi connectivity index (χ1v) is 11.2. The van der Waals surface area contributed by atoms with E-state index in [-0.39, 0.29) is 0 Å². The Labute approximate surface area is 183 Å². The Morgan fingerprint density at radius 3 is 2.82 bits per heavy atom. The Morgan fingerprint density at radius 2 is 1.96 bits per heavy atom. The number of rotatable bonds is 2. The summed E-state index contributed by atoms with van der Waals surface area (Å²) in [6, 6.07) is 12.8. The van der Waals surface area contributed by atoms with Crippen molar-refractivity contribution in [2.45, 2.75) is 38.3 Å². The fourth-order valence-corrected chi connectivity index (χ4v) is 5.41. The van der Waals surface area contributed by atoms with Crippen LogP contribution in [0, 0.1) is 0 Å². The number of aromatic amines is 1. The van der Waals surface area contributed by atoms with Crippen molar-refractivity contribution < 1.29 is 0 Å². The summed E-state index contributed by atoms with van der Waals surface area (Å²) >= 11 is 16.1. The minimum Gasteiger partial charge on any atom is -0.340 e. The molecule has 0 fully saturated rings. The van der Waals surface area contributed by atoms with Crippen molar-refractivity contribution >= 4 is 39.1 Å². The molecular weight excluding hydrogens is 457 g/mol. The Morgan fingerprint density at radius 1 is 1.07 bits per heavy atom. The molecule has 0 saturated carbocycles. The maximum Gasteiger partial charge on any atom is 0.139 e. The van der Waals surface area contributed by atoms with Gasteiger partial charge in [0.2, 0.25) is 0 Å². The van der Waals surface area contributed by atoms with E-state index in [0.717, 1.165) is 53.2 Å². The van der Waals surface area contributed by atoms with E-state index < -0.39 is 0 Å². The minimum atomic E-state index is 0.558. The second kappa shape index (κ2) is 7.49. The second-order valence-corrected chi connectivity index (χ2v) is 9.42.